The highest BCUT2D eigenvalue weighted by atomic mass is 19.1. The molecule has 8 nitrogen and oxygen atoms in total. The lowest BCUT2D eigenvalue weighted by Gasteiger charge is -2.19. The molecule has 2 aromatic carbocycles. The largest absolute Gasteiger partial charge is 0.493 e. The van der Waals surface area contributed by atoms with E-state index in [4.69, 9.17) is 9.47 Å². The summed E-state index contributed by atoms with van der Waals surface area (Å²) in [6.45, 7) is 2.82. The molecule has 0 saturated carbocycles. The number of rotatable bonds is 8. The van der Waals surface area contributed by atoms with E-state index in [2.05, 4.69) is 15.3 Å². The van der Waals surface area contributed by atoms with Gasteiger partial charge >= 0.3 is 0 Å². The maximum absolute atomic E-state index is 13.0. The van der Waals surface area contributed by atoms with E-state index in [0.717, 1.165) is 0 Å². The van der Waals surface area contributed by atoms with Crippen molar-refractivity contribution in [2.24, 2.45) is 0 Å². The maximum Gasteiger partial charge on any atom is 0.258 e. The number of methoxy groups -OCH3 is 2. The zero-order chi connectivity index (χ0) is 21.7. The fourth-order valence-electron chi connectivity index (χ4n) is 3.02. The van der Waals surface area contributed by atoms with Crippen LogP contribution in [0.3, 0.4) is 0 Å². The van der Waals surface area contributed by atoms with Crippen molar-refractivity contribution in [3.05, 3.63) is 58.4 Å². The number of hydrogen-bond donors (Lipinski definition) is 2. The normalized spacial score (nSPS) is 11.0. The molecule has 2 N–H and O–H groups in total. The number of carbonyl (C=O) groups is 1. The van der Waals surface area contributed by atoms with Gasteiger partial charge in [-0.15, -0.1) is 0 Å². The lowest BCUT2D eigenvalue weighted by molar-refractivity contribution is -0.117. The predicted molar refractivity (Wildman–Crippen MR) is 111 cm³/mol. The minimum absolute atomic E-state index is 0.0849. The number of amides is 1. The van der Waals surface area contributed by atoms with Crippen molar-refractivity contribution < 1.29 is 18.7 Å². The van der Waals surface area contributed by atoms with Crippen LogP contribution in [0.1, 0.15) is 12.7 Å². The first-order valence-electron chi connectivity index (χ1n) is 9.36. The molecule has 9 heteroatoms. The molecule has 0 aliphatic rings. The van der Waals surface area contributed by atoms with Crippen LogP contribution in [0.4, 0.5) is 10.1 Å². The van der Waals surface area contributed by atoms with Crippen molar-refractivity contribution in [2.45, 2.75) is 13.5 Å². The zero-order valence-corrected chi connectivity index (χ0v) is 17.0. The Morgan fingerprint density at radius 2 is 1.83 bits per heavy atom. The van der Waals surface area contributed by atoms with E-state index in [1.807, 2.05) is 11.8 Å². The number of halogens is 1. The fraction of sp³-hybridized carbons (Fsp3) is 0.286. The van der Waals surface area contributed by atoms with E-state index < -0.39 is 0 Å². The number of carbonyl (C=O) groups excluding carboxylic acids is 1. The Bertz CT molecular complexity index is 1100. The fourth-order valence-corrected chi connectivity index (χ4v) is 3.02. The molecule has 0 radical (unpaired) electrons. The molecule has 1 aromatic heterocycles. The van der Waals surface area contributed by atoms with E-state index in [0.29, 0.717) is 40.5 Å². The Labute approximate surface area is 172 Å². The molecule has 0 unspecified atom stereocenters. The first-order chi connectivity index (χ1) is 14.4. The van der Waals surface area contributed by atoms with E-state index in [-0.39, 0.29) is 30.4 Å². The number of benzene rings is 2. The van der Waals surface area contributed by atoms with Crippen LogP contribution in [0.25, 0.3) is 10.9 Å². The Hall–Kier alpha value is -3.46. The lowest BCUT2D eigenvalue weighted by Crippen LogP contribution is -2.33. The van der Waals surface area contributed by atoms with Crippen LogP contribution in [0.5, 0.6) is 11.5 Å². The van der Waals surface area contributed by atoms with Gasteiger partial charge in [-0.3, -0.25) is 14.5 Å². The summed E-state index contributed by atoms with van der Waals surface area (Å²) in [6, 6.07) is 8.77. The van der Waals surface area contributed by atoms with Crippen molar-refractivity contribution in [1.29, 1.82) is 0 Å². The second kappa shape index (κ2) is 9.36. The minimum Gasteiger partial charge on any atom is -0.493 e. The molecule has 30 heavy (non-hydrogen) atoms. The molecule has 3 rings (SSSR count). The van der Waals surface area contributed by atoms with Crippen molar-refractivity contribution >= 4 is 22.5 Å². The van der Waals surface area contributed by atoms with E-state index >= 15 is 0 Å². The first kappa shape index (κ1) is 21.3. The van der Waals surface area contributed by atoms with Gasteiger partial charge in [0.05, 0.1) is 38.2 Å². The second-order valence-electron chi connectivity index (χ2n) is 6.60. The van der Waals surface area contributed by atoms with Crippen LogP contribution in [-0.2, 0) is 11.3 Å². The molecule has 0 aliphatic heterocycles. The zero-order valence-electron chi connectivity index (χ0n) is 17.0. The van der Waals surface area contributed by atoms with Crippen molar-refractivity contribution in [2.75, 3.05) is 32.6 Å². The highest BCUT2D eigenvalue weighted by Crippen LogP contribution is 2.29. The summed E-state index contributed by atoms with van der Waals surface area (Å²) in [5.74, 6) is 0.718. The van der Waals surface area contributed by atoms with Gasteiger partial charge < -0.3 is 19.8 Å². The third-order valence-corrected chi connectivity index (χ3v) is 4.58. The Kier molecular flexibility index (Phi) is 6.63. The van der Waals surface area contributed by atoms with Gasteiger partial charge in [-0.1, -0.05) is 6.92 Å². The molecule has 0 spiro atoms. The summed E-state index contributed by atoms with van der Waals surface area (Å²) in [6.07, 6.45) is 0. The van der Waals surface area contributed by atoms with Gasteiger partial charge in [-0.05, 0) is 36.9 Å². The van der Waals surface area contributed by atoms with Gasteiger partial charge in [0.2, 0.25) is 5.91 Å². The lowest BCUT2D eigenvalue weighted by atomic mass is 10.2. The number of ether oxygens (including phenoxy) is 2. The quantitative estimate of drug-likeness (QED) is 0.588. The summed E-state index contributed by atoms with van der Waals surface area (Å²) >= 11 is 0. The van der Waals surface area contributed by atoms with E-state index in [1.54, 1.807) is 12.1 Å². The van der Waals surface area contributed by atoms with Gasteiger partial charge in [0.15, 0.2) is 11.5 Å². The standard InChI is InChI=1S/C21H23FN4O4/c1-4-26(12-20(27)23-14-7-5-13(22)6-8-14)11-19-24-16-10-18(30-3)17(29-2)9-15(16)21(28)25-19/h5-10H,4,11-12H2,1-3H3,(H,23,27)(H,24,25,28). The number of nitrogens with one attached hydrogen (secondary N) is 2. The molecule has 0 fully saturated rings. The van der Waals surface area contributed by atoms with Crippen LogP contribution in [0.15, 0.2) is 41.2 Å². The molecule has 158 valence electrons. The van der Waals surface area contributed by atoms with Gasteiger partial charge in [-0.2, -0.15) is 0 Å². The maximum atomic E-state index is 13.0. The number of fused-ring (bicyclic) bond motifs is 1. The van der Waals surface area contributed by atoms with Gasteiger partial charge in [0.25, 0.3) is 5.56 Å². The second-order valence-corrected chi connectivity index (χ2v) is 6.60. The van der Waals surface area contributed by atoms with Crippen LogP contribution in [0, 0.1) is 5.82 Å². The van der Waals surface area contributed by atoms with Crippen LogP contribution >= 0.6 is 0 Å². The topological polar surface area (TPSA) is 96.6 Å². The van der Waals surface area contributed by atoms with Crippen LogP contribution in [0.2, 0.25) is 0 Å². The molecule has 1 heterocycles. The summed E-state index contributed by atoms with van der Waals surface area (Å²) in [4.78, 5) is 33.9. The molecule has 0 aliphatic carbocycles. The summed E-state index contributed by atoms with van der Waals surface area (Å²) in [5, 5.41) is 3.10. The number of hydrogen-bond acceptors (Lipinski definition) is 6. The first-order valence-corrected chi connectivity index (χ1v) is 9.36. The number of anilines is 1. The molecule has 0 saturated heterocycles. The van der Waals surface area contributed by atoms with Crippen molar-refractivity contribution in [3.63, 3.8) is 0 Å². The Balaban J connectivity index is 1.76. The molecular formula is C21H23FN4O4. The predicted octanol–water partition coefficient (Wildman–Crippen LogP) is 2.54. The van der Waals surface area contributed by atoms with E-state index in [9.17, 15) is 14.0 Å². The van der Waals surface area contributed by atoms with Crippen LogP contribution in [-0.4, -0.2) is 48.1 Å². The molecular weight excluding hydrogens is 391 g/mol. The van der Waals surface area contributed by atoms with Gasteiger partial charge in [0.1, 0.15) is 11.6 Å². The number of nitrogens with zero attached hydrogens (tertiary/aromatic N) is 2. The SMILES string of the molecule is CCN(CC(=O)Nc1ccc(F)cc1)Cc1nc2cc(OC)c(OC)cc2c(=O)[nH]1. The van der Waals surface area contributed by atoms with E-state index in [1.165, 1.54) is 38.5 Å². The monoisotopic (exact) mass is 414 g/mol. The minimum atomic E-state index is -0.372. The number of H-pyrrole nitrogens is 1. The number of likely N-dealkylation sites (N-methyl/N-ethyl adjacent to an activating group) is 1. The molecule has 0 bridgehead atoms. The Morgan fingerprint density at radius 1 is 1.17 bits per heavy atom. The summed E-state index contributed by atoms with van der Waals surface area (Å²) < 4.78 is 23.5. The molecule has 0 atom stereocenters. The third-order valence-electron chi connectivity index (χ3n) is 4.58. The van der Waals surface area contributed by atoms with Crippen molar-refractivity contribution in [1.82, 2.24) is 14.9 Å². The average Bonchev–Trinajstić information content (AvgIpc) is 2.74. The summed E-state index contributed by atoms with van der Waals surface area (Å²) in [5.41, 5.74) is 0.678. The molecule has 1 amide bonds. The number of aromatic amines is 1. The van der Waals surface area contributed by atoms with Crippen molar-refractivity contribution in [3.8, 4) is 11.5 Å². The third kappa shape index (κ3) is 4.93. The molecule has 3 aromatic rings. The highest BCUT2D eigenvalue weighted by molar-refractivity contribution is 5.92. The van der Waals surface area contributed by atoms with Crippen LogP contribution < -0.4 is 20.3 Å². The average molecular weight is 414 g/mol. The highest BCUT2D eigenvalue weighted by Gasteiger charge is 2.14. The van der Waals surface area contributed by atoms with Gasteiger partial charge in [0, 0.05) is 11.8 Å². The van der Waals surface area contributed by atoms with Gasteiger partial charge in [-0.25, -0.2) is 9.37 Å². The Morgan fingerprint density at radius 3 is 2.47 bits per heavy atom. The number of aromatic nitrogens is 2. The summed E-state index contributed by atoms with van der Waals surface area (Å²) in [7, 11) is 3.01. The smallest absolute Gasteiger partial charge is 0.258 e.